The van der Waals surface area contributed by atoms with Crippen molar-refractivity contribution in [3.63, 3.8) is 0 Å². The van der Waals surface area contributed by atoms with Crippen LogP contribution in [0.2, 0.25) is 5.02 Å². The van der Waals surface area contributed by atoms with E-state index < -0.39 is 6.04 Å². The van der Waals surface area contributed by atoms with Crippen LogP contribution in [-0.2, 0) is 9.53 Å². The van der Waals surface area contributed by atoms with Crippen molar-refractivity contribution >= 4 is 33.5 Å². The molecule has 1 aromatic rings. The highest BCUT2D eigenvalue weighted by molar-refractivity contribution is 9.09. The molecule has 3 unspecified atom stereocenters. The Bertz CT molecular complexity index is 430. The lowest BCUT2D eigenvalue weighted by Crippen LogP contribution is -2.39. The van der Waals surface area contributed by atoms with Crippen molar-refractivity contribution < 1.29 is 9.53 Å². The van der Waals surface area contributed by atoms with Gasteiger partial charge in [-0.05, 0) is 17.7 Å². The first-order valence-electron chi connectivity index (χ1n) is 5.12. The van der Waals surface area contributed by atoms with Gasteiger partial charge >= 0.3 is 5.97 Å². The second kappa shape index (κ2) is 5.35. The van der Waals surface area contributed by atoms with E-state index in [4.69, 9.17) is 16.3 Å². The van der Waals surface area contributed by atoms with E-state index in [2.05, 4.69) is 26.8 Å². The van der Waals surface area contributed by atoms with Gasteiger partial charge in [-0.25, -0.2) is 10.9 Å². The van der Waals surface area contributed by atoms with Crippen LogP contribution in [0.5, 0.6) is 0 Å². The molecule has 92 valence electrons. The first kappa shape index (κ1) is 12.8. The zero-order chi connectivity index (χ0) is 12.4. The van der Waals surface area contributed by atoms with Gasteiger partial charge in [-0.15, -0.1) is 0 Å². The number of hydrazine groups is 1. The van der Waals surface area contributed by atoms with Gasteiger partial charge < -0.3 is 4.74 Å². The number of benzene rings is 1. The molecular weight excluding hydrogens is 307 g/mol. The topological polar surface area (TPSA) is 50.4 Å². The predicted octanol–water partition coefficient (Wildman–Crippen LogP) is 1.79. The summed E-state index contributed by atoms with van der Waals surface area (Å²) in [5.74, 6) is -0.302. The Labute approximate surface area is 113 Å². The summed E-state index contributed by atoms with van der Waals surface area (Å²) in [6.45, 7) is 0. The van der Waals surface area contributed by atoms with Crippen LogP contribution in [0, 0.1) is 0 Å². The van der Waals surface area contributed by atoms with Crippen LogP contribution in [-0.4, -0.2) is 23.9 Å². The number of methoxy groups -OCH3 is 1. The molecule has 0 spiro atoms. The summed E-state index contributed by atoms with van der Waals surface area (Å²) in [6.07, 6.45) is 0. The number of halogens is 2. The van der Waals surface area contributed by atoms with Crippen molar-refractivity contribution in [3.8, 4) is 0 Å². The van der Waals surface area contributed by atoms with Gasteiger partial charge in [0.05, 0.1) is 18.0 Å². The molecule has 1 fully saturated rings. The number of carbonyl (C=O) groups excluding carboxylic acids is 1. The zero-order valence-electron chi connectivity index (χ0n) is 9.11. The van der Waals surface area contributed by atoms with Crippen LogP contribution in [0.25, 0.3) is 0 Å². The number of ether oxygens (including phenoxy) is 1. The fourth-order valence-electron chi connectivity index (χ4n) is 1.81. The SMILES string of the molecule is COC(=O)C1NNC(c2cccc(Cl)c2)C1Br. The van der Waals surface area contributed by atoms with Crippen molar-refractivity contribution in [1.29, 1.82) is 0 Å². The quantitative estimate of drug-likeness (QED) is 0.645. The smallest absolute Gasteiger partial charge is 0.325 e. The Kier molecular flexibility index (Phi) is 4.04. The van der Waals surface area contributed by atoms with E-state index >= 15 is 0 Å². The van der Waals surface area contributed by atoms with Gasteiger partial charge in [-0.3, -0.25) is 4.79 Å². The summed E-state index contributed by atoms with van der Waals surface area (Å²) in [4.78, 5) is 11.4. The first-order valence-corrected chi connectivity index (χ1v) is 6.41. The maximum absolute atomic E-state index is 11.5. The Hall–Kier alpha value is -0.620. The molecule has 1 saturated heterocycles. The molecule has 4 nitrogen and oxygen atoms in total. The van der Waals surface area contributed by atoms with Crippen LogP contribution in [0.3, 0.4) is 0 Å². The Morgan fingerprint density at radius 2 is 2.24 bits per heavy atom. The van der Waals surface area contributed by atoms with Crippen molar-refractivity contribution in [2.45, 2.75) is 16.9 Å². The van der Waals surface area contributed by atoms with Crippen molar-refractivity contribution in [1.82, 2.24) is 10.9 Å². The molecule has 0 amide bonds. The fraction of sp³-hybridized carbons (Fsp3) is 0.364. The Morgan fingerprint density at radius 3 is 2.88 bits per heavy atom. The fourth-order valence-corrected chi connectivity index (χ4v) is 2.80. The molecule has 1 aromatic carbocycles. The molecule has 0 bridgehead atoms. The van der Waals surface area contributed by atoms with Crippen LogP contribution in [0.15, 0.2) is 24.3 Å². The average molecular weight is 320 g/mol. The van der Waals surface area contributed by atoms with Crippen LogP contribution < -0.4 is 10.9 Å². The molecule has 0 aromatic heterocycles. The lowest BCUT2D eigenvalue weighted by molar-refractivity contribution is -0.142. The molecule has 1 aliphatic rings. The molecule has 0 saturated carbocycles. The van der Waals surface area contributed by atoms with Crippen molar-refractivity contribution in [2.24, 2.45) is 0 Å². The maximum atomic E-state index is 11.5. The summed E-state index contributed by atoms with van der Waals surface area (Å²) in [6, 6.07) is 7.08. The Morgan fingerprint density at radius 1 is 1.47 bits per heavy atom. The molecular formula is C11H12BrClN2O2. The monoisotopic (exact) mass is 318 g/mol. The highest BCUT2D eigenvalue weighted by Gasteiger charge is 2.39. The largest absolute Gasteiger partial charge is 0.468 e. The normalized spacial score (nSPS) is 28.1. The van der Waals surface area contributed by atoms with Gasteiger partial charge in [0.15, 0.2) is 0 Å². The molecule has 0 aliphatic carbocycles. The van der Waals surface area contributed by atoms with E-state index in [0.717, 1.165) is 5.56 Å². The van der Waals surface area contributed by atoms with Gasteiger partial charge in [0, 0.05) is 5.02 Å². The third-order valence-electron chi connectivity index (χ3n) is 2.69. The van der Waals surface area contributed by atoms with Gasteiger partial charge in [0.2, 0.25) is 0 Å². The molecule has 2 rings (SSSR count). The van der Waals surface area contributed by atoms with E-state index in [1.54, 1.807) is 0 Å². The minimum absolute atomic E-state index is 0.0298. The third-order valence-corrected chi connectivity index (χ3v) is 3.99. The summed E-state index contributed by atoms with van der Waals surface area (Å²) < 4.78 is 4.71. The summed E-state index contributed by atoms with van der Waals surface area (Å²) >= 11 is 9.45. The summed E-state index contributed by atoms with van der Waals surface area (Å²) in [5.41, 5.74) is 6.98. The number of alkyl halides is 1. The minimum atomic E-state index is -0.413. The number of hydrogen-bond acceptors (Lipinski definition) is 4. The van der Waals surface area contributed by atoms with Crippen LogP contribution >= 0.6 is 27.5 Å². The van der Waals surface area contributed by atoms with Gasteiger partial charge in [-0.2, -0.15) is 0 Å². The zero-order valence-corrected chi connectivity index (χ0v) is 11.5. The Balaban J connectivity index is 2.17. The van der Waals surface area contributed by atoms with Crippen LogP contribution in [0.4, 0.5) is 0 Å². The van der Waals surface area contributed by atoms with Crippen molar-refractivity contribution in [3.05, 3.63) is 34.9 Å². The minimum Gasteiger partial charge on any atom is -0.468 e. The maximum Gasteiger partial charge on any atom is 0.325 e. The lowest BCUT2D eigenvalue weighted by Gasteiger charge is -2.15. The van der Waals surface area contributed by atoms with Crippen molar-refractivity contribution in [2.75, 3.05) is 7.11 Å². The second-order valence-electron chi connectivity index (χ2n) is 3.77. The van der Waals surface area contributed by atoms with Gasteiger partial charge in [-0.1, -0.05) is 39.7 Å². The van der Waals surface area contributed by atoms with E-state index in [1.165, 1.54) is 7.11 Å². The molecule has 3 atom stereocenters. The third kappa shape index (κ3) is 2.63. The van der Waals surface area contributed by atoms with E-state index in [9.17, 15) is 4.79 Å². The number of nitrogens with one attached hydrogen (secondary N) is 2. The van der Waals surface area contributed by atoms with Gasteiger partial charge in [0.25, 0.3) is 0 Å². The highest BCUT2D eigenvalue weighted by Crippen LogP contribution is 2.30. The van der Waals surface area contributed by atoms with Gasteiger partial charge in [0.1, 0.15) is 6.04 Å². The molecule has 6 heteroatoms. The number of esters is 1. The average Bonchev–Trinajstić information content (AvgIpc) is 2.70. The molecule has 1 heterocycles. The highest BCUT2D eigenvalue weighted by atomic mass is 79.9. The standard InChI is InChI=1S/C11H12BrClN2O2/c1-17-11(16)10-8(12)9(14-15-10)6-3-2-4-7(13)5-6/h2-5,8-10,14-15H,1H3. The van der Waals surface area contributed by atoms with E-state index in [1.807, 2.05) is 24.3 Å². The molecule has 1 aliphatic heterocycles. The van der Waals surface area contributed by atoms with E-state index in [-0.39, 0.29) is 16.8 Å². The number of rotatable bonds is 2. The molecule has 0 radical (unpaired) electrons. The predicted molar refractivity (Wildman–Crippen MR) is 69.0 cm³/mol. The molecule has 2 N–H and O–H groups in total. The number of carbonyl (C=O) groups is 1. The second-order valence-corrected chi connectivity index (χ2v) is 5.26. The number of hydrogen-bond donors (Lipinski definition) is 2. The first-order chi connectivity index (χ1) is 8.13. The lowest BCUT2D eigenvalue weighted by atomic mass is 10.0. The summed E-state index contributed by atoms with van der Waals surface area (Å²) in [5, 5.41) is 0.672. The molecule has 17 heavy (non-hydrogen) atoms. The van der Waals surface area contributed by atoms with Crippen LogP contribution in [0.1, 0.15) is 11.6 Å². The summed E-state index contributed by atoms with van der Waals surface area (Å²) in [7, 11) is 1.37. The van der Waals surface area contributed by atoms with E-state index in [0.29, 0.717) is 5.02 Å².